The second kappa shape index (κ2) is 7.83. The van der Waals surface area contributed by atoms with Crippen molar-refractivity contribution >= 4 is 17.5 Å². The van der Waals surface area contributed by atoms with Crippen LogP contribution in [0.25, 0.3) is 0 Å². The molecule has 1 aliphatic rings. The maximum atomic E-state index is 11.8. The van der Waals surface area contributed by atoms with E-state index in [9.17, 15) is 4.79 Å². The summed E-state index contributed by atoms with van der Waals surface area (Å²) in [5.74, 6) is 1.63. The van der Waals surface area contributed by atoms with Gasteiger partial charge in [-0.25, -0.2) is 0 Å². The molecular formula is C20H26ClNO. The van der Waals surface area contributed by atoms with Crippen LogP contribution in [0.1, 0.15) is 45.6 Å². The predicted octanol–water partition coefficient (Wildman–Crippen LogP) is 5.11. The molecule has 2 rings (SSSR count). The zero-order valence-corrected chi connectivity index (χ0v) is 15.2. The molecule has 0 radical (unpaired) electrons. The third kappa shape index (κ3) is 5.54. The molecule has 0 saturated heterocycles. The van der Waals surface area contributed by atoms with Crippen LogP contribution in [-0.4, -0.2) is 12.5 Å². The molecule has 23 heavy (non-hydrogen) atoms. The molecule has 1 N–H and O–H groups in total. The summed E-state index contributed by atoms with van der Waals surface area (Å²) in [6.45, 7) is 9.03. The molecular weight excluding hydrogens is 306 g/mol. The molecule has 0 aromatic heterocycles. The highest BCUT2D eigenvalue weighted by atomic mass is 35.5. The lowest BCUT2D eigenvalue weighted by atomic mass is 10.0. The van der Waals surface area contributed by atoms with Crippen LogP contribution in [0.15, 0.2) is 47.6 Å². The van der Waals surface area contributed by atoms with Gasteiger partial charge in [0.15, 0.2) is 0 Å². The van der Waals surface area contributed by atoms with Crippen LogP contribution in [0, 0.1) is 11.8 Å². The third-order valence-corrected chi connectivity index (χ3v) is 4.42. The number of allylic oxidation sites excluding steroid dienone is 3. The second-order valence-electron chi connectivity index (χ2n) is 6.92. The van der Waals surface area contributed by atoms with Crippen LogP contribution in [0.5, 0.6) is 0 Å². The van der Waals surface area contributed by atoms with Crippen molar-refractivity contribution in [3.05, 3.63) is 58.1 Å². The van der Waals surface area contributed by atoms with E-state index in [1.807, 2.05) is 19.1 Å². The summed E-state index contributed by atoms with van der Waals surface area (Å²) in [4.78, 5) is 11.8. The Labute approximate surface area is 144 Å². The maximum absolute atomic E-state index is 11.8. The summed E-state index contributed by atoms with van der Waals surface area (Å²) in [5, 5.41) is 3.70. The van der Waals surface area contributed by atoms with Crippen molar-refractivity contribution in [1.29, 1.82) is 0 Å². The van der Waals surface area contributed by atoms with Crippen molar-refractivity contribution in [1.82, 2.24) is 5.32 Å². The summed E-state index contributed by atoms with van der Waals surface area (Å²) in [6, 6.07) is 8.13. The van der Waals surface area contributed by atoms with Crippen molar-refractivity contribution in [2.75, 3.05) is 6.54 Å². The number of nitrogens with one attached hydrogen (secondary N) is 1. The van der Waals surface area contributed by atoms with Gasteiger partial charge in [-0.3, -0.25) is 4.79 Å². The number of benzene rings is 1. The van der Waals surface area contributed by atoms with Crippen LogP contribution in [-0.2, 0) is 4.79 Å². The lowest BCUT2D eigenvalue weighted by Gasteiger charge is -2.06. The summed E-state index contributed by atoms with van der Waals surface area (Å²) >= 11 is 5.94. The second-order valence-corrected chi connectivity index (χ2v) is 7.35. The Kier molecular flexibility index (Phi) is 6.06. The number of hydrogen-bond donors (Lipinski definition) is 1. The van der Waals surface area contributed by atoms with E-state index in [1.54, 1.807) is 6.08 Å². The van der Waals surface area contributed by atoms with Crippen molar-refractivity contribution < 1.29 is 4.79 Å². The normalized spacial score (nSPS) is 21.5. The first-order valence-corrected chi connectivity index (χ1v) is 8.64. The molecule has 0 spiro atoms. The third-order valence-electron chi connectivity index (χ3n) is 4.17. The molecule has 2 atom stereocenters. The molecule has 2 unspecified atom stereocenters. The minimum Gasteiger partial charge on any atom is -0.352 e. The molecule has 1 aliphatic carbocycles. The van der Waals surface area contributed by atoms with Crippen LogP contribution in [0.4, 0.5) is 0 Å². The molecule has 3 heteroatoms. The van der Waals surface area contributed by atoms with Crippen LogP contribution in [0.2, 0.25) is 5.02 Å². The Bertz CT molecular complexity index is 613. The fourth-order valence-corrected chi connectivity index (χ4v) is 2.97. The Morgan fingerprint density at radius 2 is 1.91 bits per heavy atom. The standard InChI is InChI=1S/C20H26ClNO/c1-13(2)12-22-20(23)10-14(3)9-15(4)18-11-19(18)16-5-7-17(21)8-6-16/h5-10,13,18-19H,11-12H2,1-4H3,(H,22,23). The van der Waals surface area contributed by atoms with Crippen LogP contribution in [0.3, 0.4) is 0 Å². The molecule has 124 valence electrons. The Balaban J connectivity index is 1.92. The molecule has 2 nitrogen and oxygen atoms in total. The van der Waals surface area contributed by atoms with Gasteiger partial charge in [-0.2, -0.15) is 0 Å². The molecule has 1 aromatic rings. The first-order valence-electron chi connectivity index (χ1n) is 8.26. The number of carbonyl (C=O) groups is 1. The van der Waals surface area contributed by atoms with E-state index in [1.165, 1.54) is 17.6 Å². The van der Waals surface area contributed by atoms with Crippen molar-refractivity contribution in [3.63, 3.8) is 0 Å². The molecule has 1 fully saturated rings. The van der Waals surface area contributed by atoms with E-state index >= 15 is 0 Å². The number of carbonyl (C=O) groups excluding carboxylic acids is 1. The van der Waals surface area contributed by atoms with Gasteiger partial charge in [0.2, 0.25) is 5.91 Å². The summed E-state index contributed by atoms with van der Waals surface area (Å²) in [7, 11) is 0. The number of rotatable bonds is 6. The molecule has 0 bridgehead atoms. The highest BCUT2D eigenvalue weighted by molar-refractivity contribution is 6.30. The fourth-order valence-electron chi connectivity index (χ4n) is 2.85. The molecule has 1 aromatic carbocycles. The topological polar surface area (TPSA) is 29.1 Å². The van der Waals surface area contributed by atoms with Gasteiger partial charge in [0, 0.05) is 17.6 Å². The number of halogens is 1. The highest BCUT2D eigenvalue weighted by Crippen LogP contribution is 2.51. The first-order chi connectivity index (χ1) is 10.9. The fraction of sp³-hybridized carbons (Fsp3) is 0.450. The van der Waals surface area contributed by atoms with Crippen molar-refractivity contribution in [2.24, 2.45) is 11.8 Å². The van der Waals surface area contributed by atoms with E-state index in [0.29, 0.717) is 24.3 Å². The number of hydrogen-bond acceptors (Lipinski definition) is 1. The van der Waals surface area contributed by atoms with Gasteiger partial charge in [0.25, 0.3) is 0 Å². The van der Waals surface area contributed by atoms with Crippen molar-refractivity contribution in [3.8, 4) is 0 Å². The Hall–Kier alpha value is -1.54. The smallest absolute Gasteiger partial charge is 0.244 e. The zero-order chi connectivity index (χ0) is 17.0. The summed E-state index contributed by atoms with van der Waals surface area (Å²) in [6.07, 6.45) is 5.00. The monoisotopic (exact) mass is 331 g/mol. The maximum Gasteiger partial charge on any atom is 0.244 e. The Morgan fingerprint density at radius 3 is 2.52 bits per heavy atom. The molecule has 0 heterocycles. The summed E-state index contributed by atoms with van der Waals surface area (Å²) < 4.78 is 0. The van der Waals surface area contributed by atoms with E-state index in [-0.39, 0.29) is 5.91 Å². The van der Waals surface area contributed by atoms with Crippen LogP contribution < -0.4 is 5.32 Å². The quantitative estimate of drug-likeness (QED) is 0.569. The zero-order valence-electron chi connectivity index (χ0n) is 14.4. The Morgan fingerprint density at radius 1 is 1.26 bits per heavy atom. The van der Waals surface area contributed by atoms with E-state index in [0.717, 1.165) is 10.6 Å². The van der Waals surface area contributed by atoms with Crippen molar-refractivity contribution in [2.45, 2.75) is 40.0 Å². The van der Waals surface area contributed by atoms with Crippen LogP contribution >= 0.6 is 11.6 Å². The van der Waals surface area contributed by atoms with Gasteiger partial charge in [0.05, 0.1) is 0 Å². The average molecular weight is 332 g/mol. The number of amides is 1. The highest BCUT2D eigenvalue weighted by Gasteiger charge is 2.39. The van der Waals surface area contributed by atoms with E-state index < -0.39 is 0 Å². The largest absolute Gasteiger partial charge is 0.352 e. The molecule has 0 aliphatic heterocycles. The van der Waals surface area contributed by atoms with Gasteiger partial charge < -0.3 is 5.32 Å². The molecule has 1 saturated carbocycles. The lowest BCUT2D eigenvalue weighted by Crippen LogP contribution is -2.25. The predicted molar refractivity (Wildman–Crippen MR) is 97.7 cm³/mol. The van der Waals surface area contributed by atoms with E-state index in [4.69, 9.17) is 11.6 Å². The SMILES string of the molecule is CC(=CC(=O)NCC(C)C)C=C(C)C1CC1c1ccc(Cl)cc1. The minimum absolute atomic E-state index is 0.00898. The van der Waals surface area contributed by atoms with Gasteiger partial charge in [0.1, 0.15) is 0 Å². The van der Waals surface area contributed by atoms with E-state index in [2.05, 4.69) is 44.3 Å². The van der Waals surface area contributed by atoms with Gasteiger partial charge in [-0.05, 0) is 61.3 Å². The van der Waals surface area contributed by atoms with Gasteiger partial charge in [-0.15, -0.1) is 0 Å². The first kappa shape index (κ1) is 17.8. The van der Waals surface area contributed by atoms with Gasteiger partial charge >= 0.3 is 0 Å². The minimum atomic E-state index is -0.00898. The molecule has 1 amide bonds. The van der Waals surface area contributed by atoms with Gasteiger partial charge in [-0.1, -0.05) is 49.2 Å². The lowest BCUT2D eigenvalue weighted by molar-refractivity contribution is -0.116. The average Bonchev–Trinajstić information content (AvgIpc) is 3.26. The summed E-state index contributed by atoms with van der Waals surface area (Å²) in [5.41, 5.74) is 3.70.